The predicted octanol–water partition coefficient (Wildman–Crippen LogP) is 3.76. The Labute approximate surface area is 111 Å². The molecule has 0 bridgehead atoms. The van der Waals surface area contributed by atoms with E-state index < -0.39 is 0 Å². The van der Waals surface area contributed by atoms with Gasteiger partial charge in [0.1, 0.15) is 0 Å². The van der Waals surface area contributed by atoms with E-state index in [0.717, 1.165) is 6.42 Å². The van der Waals surface area contributed by atoms with Crippen molar-refractivity contribution in [3.8, 4) is 0 Å². The number of carbonyl (C=O) groups is 1. The second-order valence-corrected chi connectivity index (χ2v) is 6.34. The highest BCUT2D eigenvalue weighted by molar-refractivity contribution is 5.71. The van der Waals surface area contributed by atoms with Crippen LogP contribution in [0.25, 0.3) is 0 Å². The van der Waals surface area contributed by atoms with Crippen LogP contribution in [0.4, 0.5) is 0 Å². The van der Waals surface area contributed by atoms with Gasteiger partial charge in [-0.1, -0.05) is 41.0 Å². The molecule has 18 heavy (non-hydrogen) atoms. The molecule has 0 aromatic heterocycles. The van der Waals surface area contributed by atoms with Crippen molar-refractivity contribution < 1.29 is 14.3 Å². The van der Waals surface area contributed by atoms with Crippen LogP contribution in [0.3, 0.4) is 0 Å². The molecule has 1 aliphatic carbocycles. The minimum atomic E-state index is -0.154. The molecule has 3 atom stereocenters. The maximum absolute atomic E-state index is 11.6. The highest BCUT2D eigenvalue weighted by Gasteiger charge is 2.37. The third-order valence-electron chi connectivity index (χ3n) is 4.23. The molecule has 0 radical (unpaired) electrons. The van der Waals surface area contributed by atoms with Crippen LogP contribution in [-0.4, -0.2) is 18.9 Å². The summed E-state index contributed by atoms with van der Waals surface area (Å²) in [5.74, 6) is 0.347. The number of rotatable bonds is 5. The van der Waals surface area contributed by atoms with E-state index in [1.54, 1.807) is 0 Å². The van der Waals surface area contributed by atoms with Gasteiger partial charge in [0.25, 0.3) is 0 Å². The Morgan fingerprint density at radius 1 is 1.44 bits per heavy atom. The smallest absolute Gasteiger partial charge is 0.310 e. The molecule has 0 aromatic rings. The van der Waals surface area contributed by atoms with E-state index in [2.05, 4.69) is 20.8 Å². The molecule has 3 heteroatoms. The van der Waals surface area contributed by atoms with Crippen molar-refractivity contribution in [3.63, 3.8) is 0 Å². The monoisotopic (exact) mass is 256 g/mol. The molecule has 0 aliphatic heterocycles. The molecule has 0 N–H and O–H groups in total. The van der Waals surface area contributed by atoms with Gasteiger partial charge in [0.15, 0.2) is 6.79 Å². The SMILES string of the molecule is CCC(C)C(=O)OCOC1C(C)CCCC1(C)C. The van der Waals surface area contributed by atoms with Crippen LogP contribution in [0.15, 0.2) is 0 Å². The fraction of sp³-hybridized carbons (Fsp3) is 0.933. The van der Waals surface area contributed by atoms with Gasteiger partial charge >= 0.3 is 5.97 Å². The first kappa shape index (κ1) is 15.5. The number of esters is 1. The Balaban J connectivity index is 2.39. The summed E-state index contributed by atoms with van der Waals surface area (Å²) in [6.07, 6.45) is 4.65. The standard InChI is InChI=1S/C15H28O3/c1-6-11(2)14(16)18-10-17-13-12(3)8-7-9-15(13,4)5/h11-13H,6-10H2,1-5H3. The van der Waals surface area contributed by atoms with E-state index >= 15 is 0 Å². The molecular formula is C15H28O3. The van der Waals surface area contributed by atoms with Crippen molar-refractivity contribution in [2.75, 3.05) is 6.79 Å². The first-order valence-electron chi connectivity index (χ1n) is 7.16. The zero-order chi connectivity index (χ0) is 13.8. The lowest BCUT2D eigenvalue weighted by Gasteiger charge is -2.42. The third-order valence-corrected chi connectivity index (χ3v) is 4.23. The molecule has 1 fully saturated rings. The largest absolute Gasteiger partial charge is 0.438 e. The van der Waals surface area contributed by atoms with Gasteiger partial charge in [-0.2, -0.15) is 0 Å². The Morgan fingerprint density at radius 2 is 2.11 bits per heavy atom. The minimum absolute atomic E-state index is 0.0367. The fourth-order valence-corrected chi connectivity index (χ4v) is 2.81. The average Bonchev–Trinajstić information content (AvgIpc) is 2.31. The first-order valence-corrected chi connectivity index (χ1v) is 7.16. The Morgan fingerprint density at radius 3 is 2.67 bits per heavy atom. The molecule has 0 saturated heterocycles. The Kier molecular flexibility index (Phi) is 5.64. The molecular weight excluding hydrogens is 228 g/mol. The van der Waals surface area contributed by atoms with Gasteiger partial charge in [-0.25, -0.2) is 0 Å². The van der Waals surface area contributed by atoms with E-state index in [4.69, 9.17) is 9.47 Å². The molecule has 0 spiro atoms. The third kappa shape index (κ3) is 3.98. The average molecular weight is 256 g/mol. The topological polar surface area (TPSA) is 35.5 Å². The van der Waals surface area contributed by atoms with E-state index in [-0.39, 0.29) is 30.2 Å². The van der Waals surface area contributed by atoms with Gasteiger partial charge in [-0.15, -0.1) is 0 Å². The van der Waals surface area contributed by atoms with Gasteiger partial charge < -0.3 is 9.47 Å². The lowest BCUT2D eigenvalue weighted by molar-refractivity contribution is -0.180. The molecule has 3 unspecified atom stereocenters. The number of hydrogen-bond acceptors (Lipinski definition) is 3. The predicted molar refractivity (Wildman–Crippen MR) is 72.1 cm³/mol. The highest BCUT2D eigenvalue weighted by Crippen LogP contribution is 2.40. The van der Waals surface area contributed by atoms with Gasteiger partial charge in [0.2, 0.25) is 0 Å². The van der Waals surface area contributed by atoms with E-state index in [0.29, 0.717) is 5.92 Å². The highest BCUT2D eigenvalue weighted by atomic mass is 16.7. The molecule has 1 rings (SSSR count). The number of hydrogen-bond donors (Lipinski definition) is 0. The molecule has 0 aromatic carbocycles. The van der Waals surface area contributed by atoms with Gasteiger partial charge in [-0.05, 0) is 30.6 Å². The van der Waals surface area contributed by atoms with Gasteiger partial charge in [0.05, 0.1) is 12.0 Å². The minimum Gasteiger partial charge on any atom is -0.438 e. The summed E-state index contributed by atoms with van der Waals surface area (Å²) in [4.78, 5) is 11.6. The van der Waals surface area contributed by atoms with Crippen molar-refractivity contribution in [3.05, 3.63) is 0 Å². The zero-order valence-corrected chi connectivity index (χ0v) is 12.5. The summed E-state index contributed by atoms with van der Waals surface area (Å²) in [6.45, 7) is 10.7. The van der Waals surface area contributed by atoms with Crippen LogP contribution in [0.2, 0.25) is 0 Å². The van der Waals surface area contributed by atoms with E-state index in [1.165, 1.54) is 19.3 Å². The maximum atomic E-state index is 11.6. The summed E-state index contributed by atoms with van der Waals surface area (Å²) >= 11 is 0. The fourth-order valence-electron chi connectivity index (χ4n) is 2.81. The summed E-state index contributed by atoms with van der Waals surface area (Å²) in [6, 6.07) is 0. The summed E-state index contributed by atoms with van der Waals surface area (Å²) in [5.41, 5.74) is 0.181. The van der Waals surface area contributed by atoms with Crippen molar-refractivity contribution in [2.45, 2.75) is 66.4 Å². The first-order chi connectivity index (χ1) is 8.38. The molecule has 1 aliphatic rings. The van der Waals surface area contributed by atoms with Crippen molar-refractivity contribution in [1.82, 2.24) is 0 Å². The zero-order valence-electron chi connectivity index (χ0n) is 12.5. The van der Waals surface area contributed by atoms with Crippen molar-refractivity contribution in [2.24, 2.45) is 17.3 Å². The number of carbonyl (C=O) groups excluding carboxylic acids is 1. The lowest BCUT2D eigenvalue weighted by atomic mass is 9.70. The maximum Gasteiger partial charge on any atom is 0.310 e. The molecule has 0 amide bonds. The van der Waals surface area contributed by atoms with Crippen LogP contribution in [0, 0.1) is 17.3 Å². The lowest BCUT2D eigenvalue weighted by Crippen LogP contribution is -2.41. The van der Waals surface area contributed by atoms with Gasteiger partial charge in [-0.3, -0.25) is 4.79 Å². The van der Waals surface area contributed by atoms with Crippen LogP contribution >= 0.6 is 0 Å². The normalized spacial score (nSPS) is 28.7. The summed E-state index contributed by atoms with van der Waals surface area (Å²) in [7, 11) is 0. The van der Waals surface area contributed by atoms with Crippen LogP contribution in [-0.2, 0) is 14.3 Å². The van der Waals surface area contributed by atoms with Gasteiger partial charge in [0, 0.05) is 0 Å². The number of ether oxygens (including phenoxy) is 2. The van der Waals surface area contributed by atoms with Crippen molar-refractivity contribution >= 4 is 5.97 Å². The molecule has 0 heterocycles. The summed E-state index contributed by atoms with van der Waals surface area (Å²) in [5, 5.41) is 0. The summed E-state index contributed by atoms with van der Waals surface area (Å²) < 4.78 is 11.0. The molecule has 106 valence electrons. The van der Waals surface area contributed by atoms with Crippen molar-refractivity contribution in [1.29, 1.82) is 0 Å². The van der Waals surface area contributed by atoms with E-state index in [9.17, 15) is 4.79 Å². The van der Waals surface area contributed by atoms with Crippen LogP contribution in [0.5, 0.6) is 0 Å². The molecule has 3 nitrogen and oxygen atoms in total. The van der Waals surface area contributed by atoms with Crippen LogP contribution in [0.1, 0.15) is 60.3 Å². The quantitative estimate of drug-likeness (QED) is 0.555. The Hall–Kier alpha value is -0.570. The molecule has 1 saturated carbocycles. The van der Waals surface area contributed by atoms with Crippen LogP contribution < -0.4 is 0 Å². The Bertz CT molecular complexity index is 273. The second-order valence-electron chi connectivity index (χ2n) is 6.34. The second kappa shape index (κ2) is 6.55. The van der Waals surface area contributed by atoms with E-state index in [1.807, 2.05) is 13.8 Å².